The lowest BCUT2D eigenvalue weighted by molar-refractivity contribution is -0.141. The summed E-state index contributed by atoms with van der Waals surface area (Å²) in [5, 5.41) is 8.73. The van der Waals surface area contributed by atoms with Gasteiger partial charge in [-0.3, -0.25) is 9.59 Å². The van der Waals surface area contributed by atoms with E-state index in [1.807, 2.05) is 6.92 Å². The number of carboxylic acids is 1. The lowest BCUT2D eigenvalue weighted by Crippen LogP contribution is -2.27. The second kappa shape index (κ2) is 8.86. The van der Waals surface area contributed by atoms with Gasteiger partial charge in [0.1, 0.15) is 0 Å². The number of aliphatic carboxylic acids is 1. The van der Waals surface area contributed by atoms with E-state index in [-0.39, 0.29) is 12.5 Å². The minimum atomic E-state index is -4.79. The number of hydrogen-bond donors (Lipinski definition) is 1. The third kappa shape index (κ3) is 5.09. The van der Waals surface area contributed by atoms with Gasteiger partial charge in [-0.1, -0.05) is 35.9 Å². The molecule has 0 fully saturated rings. The molecule has 0 saturated heterocycles. The molecule has 156 valence electrons. The summed E-state index contributed by atoms with van der Waals surface area (Å²) in [5.74, 6) is -2.92. The van der Waals surface area contributed by atoms with Gasteiger partial charge in [-0.2, -0.15) is 13.2 Å². The van der Waals surface area contributed by atoms with Crippen molar-refractivity contribution in [2.75, 3.05) is 6.54 Å². The maximum Gasteiger partial charge on any atom is 0.418 e. The van der Waals surface area contributed by atoms with E-state index in [1.165, 1.54) is 26.0 Å². The first-order valence-corrected chi connectivity index (χ1v) is 9.32. The summed E-state index contributed by atoms with van der Waals surface area (Å²) in [5.41, 5.74) is 0.118. The van der Waals surface area contributed by atoms with Gasteiger partial charge in [0.2, 0.25) is 5.91 Å². The monoisotopic (exact) mass is 427 g/mol. The molecule has 0 bridgehead atoms. The van der Waals surface area contributed by atoms with Gasteiger partial charge in [0, 0.05) is 20.0 Å². The van der Waals surface area contributed by atoms with Crippen molar-refractivity contribution in [1.82, 2.24) is 4.90 Å². The van der Waals surface area contributed by atoms with Crippen LogP contribution in [-0.2, 0) is 22.3 Å². The number of benzene rings is 2. The Labute approximate surface area is 171 Å². The molecular weight excluding hydrogens is 407 g/mol. The average molecular weight is 428 g/mol. The Morgan fingerprint density at radius 1 is 1.21 bits per heavy atom. The summed E-state index contributed by atoms with van der Waals surface area (Å²) in [6.45, 7) is 5.19. The van der Waals surface area contributed by atoms with E-state index < -0.39 is 34.2 Å². The number of carbonyl (C=O) groups is 2. The molecule has 0 saturated carbocycles. The number of carbonyl (C=O) groups excluding carboxylic acids is 1. The molecule has 8 heteroatoms. The maximum atomic E-state index is 13.5. The summed E-state index contributed by atoms with van der Waals surface area (Å²) < 4.78 is 40.6. The SMILES string of the molecule is CCN(Cc1ccccc1-c1cc(Cl)c(C(F)(F)F)c(C(C)C(=O)O)c1)C(C)=O. The quantitative estimate of drug-likeness (QED) is 0.654. The minimum absolute atomic E-state index is 0.132. The molecule has 2 aromatic rings. The number of halogens is 4. The summed E-state index contributed by atoms with van der Waals surface area (Å²) in [6, 6.07) is 9.36. The zero-order valence-electron chi connectivity index (χ0n) is 16.2. The highest BCUT2D eigenvalue weighted by atomic mass is 35.5. The van der Waals surface area contributed by atoms with Crippen LogP contribution in [0.3, 0.4) is 0 Å². The highest BCUT2D eigenvalue weighted by molar-refractivity contribution is 6.32. The topological polar surface area (TPSA) is 57.6 Å². The van der Waals surface area contributed by atoms with E-state index in [0.29, 0.717) is 23.2 Å². The molecule has 1 unspecified atom stereocenters. The summed E-state index contributed by atoms with van der Waals surface area (Å²) in [6.07, 6.45) is -4.79. The maximum absolute atomic E-state index is 13.5. The second-order valence-corrected chi connectivity index (χ2v) is 7.08. The van der Waals surface area contributed by atoms with Crippen molar-refractivity contribution in [3.05, 3.63) is 58.1 Å². The number of nitrogens with zero attached hydrogens (tertiary/aromatic N) is 1. The van der Waals surface area contributed by atoms with Gasteiger partial charge < -0.3 is 10.0 Å². The standard InChI is InChI=1S/C21H21ClF3NO3/c1-4-26(13(3)27)11-14-7-5-6-8-16(14)15-9-17(12(2)20(28)29)19(18(22)10-15)21(23,24)25/h5-10,12H,4,11H2,1-3H3,(H,28,29). The fourth-order valence-electron chi connectivity index (χ4n) is 3.15. The van der Waals surface area contributed by atoms with E-state index in [9.17, 15) is 27.9 Å². The minimum Gasteiger partial charge on any atom is -0.481 e. The highest BCUT2D eigenvalue weighted by Gasteiger charge is 2.38. The van der Waals surface area contributed by atoms with Crippen molar-refractivity contribution in [3.8, 4) is 11.1 Å². The summed E-state index contributed by atoms with van der Waals surface area (Å²) in [4.78, 5) is 24.8. The van der Waals surface area contributed by atoms with E-state index >= 15 is 0 Å². The van der Waals surface area contributed by atoms with Crippen molar-refractivity contribution in [2.24, 2.45) is 0 Å². The molecule has 1 amide bonds. The molecule has 0 radical (unpaired) electrons. The Morgan fingerprint density at radius 2 is 1.83 bits per heavy atom. The lowest BCUT2D eigenvalue weighted by atomic mass is 9.90. The van der Waals surface area contributed by atoms with Crippen LogP contribution in [0.25, 0.3) is 11.1 Å². The van der Waals surface area contributed by atoms with Gasteiger partial charge in [-0.15, -0.1) is 0 Å². The van der Waals surface area contributed by atoms with Crippen LogP contribution in [0, 0.1) is 0 Å². The molecule has 0 aromatic heterocycles. The zero-order chi connectivity index (χ0) is 21.9. The predicted molar refractivity (Wildman–Crippen MR) is 105 cm³/mol. The Kier molecular flexibility index (Phi) is 6.95. The fraction of sp³-hybridized carbons (Fsp3) is 0.333. The molecule has 2 aromatic carbocycles. The van der Waals surface area contributed by atoms with Crippen LogP contribution >= 0.6 is 11.6 Å². The average Bonchev–Trinajstić information content (AvgIpc) is 2.63. The number of alkyl halides is 3. The van der Waals surface area contributed by atoms with Crippen molar-refractivity contribution in [3.63, 3.8) is 0 Å². The van der Waals surface area contributed by atoms with E-state index in [0.717, 1.165) is 0 Å². The predicted octanol–water partition coefficient (Wildman–Crippen LogP) is 5.58. The van der Waals surface area contributed by atoms with Crippen molar-refractivity contribution in [1.29, 1.82) is 0 Å². The third-order valence-electron chi connectivity index (χ3n) is 4.76. The van der Waals surface area contributed by atoms with Crippen LogP contribution in [0.1, 0.15) is 43.4 Å². The molecule has 0 heterocycles. The molecule has 29 heavy (non-hydrogen) atoms. The fourth-order valence-corrected chi connectivity index (χ4v) is 3.48. The number of rotatable bonds is 6. The van der Waals surface area contributed by atoms with Crippen LogP contribution in [-0.4, -0.2) is 28.4 Å². The van der Waals surface area contributed by atoms with Crippen LogP contribution < -0.4 is 0 Å². The third-order valence-corrected chi connectivity index (χ3v) is 5.06. The first-order valence-electron chi connectivity index (χ1n) is 8.94. The first kappa shape index (κ1) is 22.7. The smallest absolute Gasteiger partial charge is 0.418 e. The highest BCUT2D eigenvalue weighted by Crippen LogP contribution is 2.43. The van der Waals surface area contributed by atoms with Crippen LogP contribution in [0.5, 0.6) is 0 Å². The van der Waals surface area contributed by atoms with Crippen molar-refractivity contribution < 1.29 is 27.9 Å². The van der Waals surface area contributed by atoms with Gasteiger partial charge in [-0.05, 0) is 48.2 Å². The Bertz CT molecular complexity index is 928. The van der Waals surface area contributed by atoms with Crippen LogP contribution in [0.15, 0.2) is 36.4 Å². The normalized spacial score (nSPS) is 12.5. The Balaban J connectivity index is 2.68. The van der Waals surface area contributed by atoms with Crippen molar-refractivity contribution >= 4 is 23.5 Å². The number of amides is 1. The lowest BCUT2D eigenvalue weighted by Gasteiger charge is -2.22. The molecule has 1 N–H and O–H groups in total. The summed E-state index contributed by atoms with van der Waals surface area (Å²) >= 11 is 5.98. The molecule has 0 aliphatic rings. The number of carboxylic acid groups (broad SMARTS) is 1. The van der Waals surface area contributed by atoms with Gasteiger partial charge in [-0.25, -0.2) is 0 Å². The molecule has 0 aliphatic carbocycles. The molecular formula is C21H21ClF3NO3. The van der Waals surface area contributed by atoms with Gasteiger partial charge in [0.15, 0.2) is 0 Å². The number of hydrogen-bond acceptors (Lipinski definition) is 2. The second-order valence-electron chi connectivity index (χ2n) is 6.67. The molecule has 2 rings (SSSR count). The Morgan fingerprint density at radius 3 is 2.34 bits per heavy atom. The van der Waals surface area contributed by atoms with E-state index in [1.54, 1.807) is 29.2 Å². The first-order chi connectivity index (χ1) is 13.5. The molecule has 1 atom stereocenters. The Hall–Kier alpha value is -2.54. The van der Waals surface area contributed by atoms with E-state index in [2.05, 4.69) is 0 Å². The molecule has 0 aliphatic heterocycles. The molecule has 4 nitrogen and oxygen atoms in total. The van der Waals surface area contributed by atoms with Gasteiger partial charge in [0.05, 0.1) is 16.5 Å². The largest absolute Gasteiger partial charge is 0.481 e. The molecule has 0 spiro atoms. The van der Waals surface area contributed by atoms with E-state index in [4.69, 9.17) is 11.6 Å². The van der Waals surface area contributed by atoms with Crippen LogP contribution in [0.2, 0.25) is 5.02 Å². The van der Waals surface area contributed by atoms with Gasteiger partial charge in [0.25, 0.3) is 0 Å². The van der Waals surface area contributed by atoms with Gasteiger partial charge >= 0.3 is 12.1 Å². The van der Waals surface area contributed by atoms with Crippen LogP contribution in [0.4, 0.5) is 13.2 Å². The zero-order valence-corrected chi connectivity index (χ0v) is 16.9. The summed E-state index contributed by atoms with van der Waals surface area (Å²) in [7, 11) is 0. The van der Waals surface area contributed by atoms with Crippen molar-refractivity contribution in [2.45, 2.75) is 39.4 Å².